The Morgan fingerprint density at radius 2 is 2.00 bits per heavy atom. The maximum atomic E-state index is 13.0. The number of methoxy groups -OCH3 is 1. The third-order valence-corrected chi connectivity index (χ3v) is 4.93. The van der Waals surface area contributed by atoms with Crippen molar-refractivity contribution < 1.29 is 17.9 Å². The fourth-order valence-corrected chi connectivity index (χ4v) is 3.72. The molecule has 11 heteroatoms. The van der Waals surface area contributed by atoms with Crippen LogP contribution in [0.25, 0.3) is 10.9 Å². The average Bonchev–Trinajstić information content (AvgIpc) is 3.01. The summed E-state index contributed by atoms with van der Waals surface area (Å²) >= 11 is 2.26. The van der Waals surface area contributed by atoms with Crippen LogP contribution >= 0.6 is 23.1 Å². The number of hydrogen-bond acceptors (Lipinski definition) is 8. The predicted octanol–water partition coefficient (Wildman–Crippen LogP) is 3.71. The minimum absolute atomic E-state index is 0.192. The smallest absolute Gasteiger partial charge is 0.383 e. The Morgan fingerprint density at radius 3 is 2.76 bits per heavy atom. The van der Waals surface area contributed by atoms with E-state index >= 15 is 0 Å². The number of rotatable bonds is 6. The summed E-state index contributed by atoms with van der Waals surface area (Å²) in [6, 6.07) is 6.55. The van der Waals surface area contributed by atoms with E-state index in [1.807, 2.05) is 0 Å². The first-order valence-corrected chi connectivity index (χ1v) is 8.69. The molecule has 0 aliphatic heterocycles. The summed E-state index contributed by atoms with van der Waals surface area (Å²) < 4.78 is 44.5. The van der Waals surface area contributed by atoms with Crippen LogP contribution in [-0.4, -0.2) is 40.4 Å². The molecule has 132 valence electrons. The van der Waals surface area contributed by atoms with Crippen LogP contribution in [0.1, 0.15) is 5.82 Å². The molecule has 3 rings (SSSR count). The molecule has 0 fully saturated rings. The summed E-state index contributed by atoms with van der Waals surface area (Å²) in [6.45, 7) is 1.07. The second-order valence-corrected chi connectivity index (χ2v) is 6.98. The first-order chi connectivity index (χ1) is 12.0. The fraction of sp³-hybridized carbons (Fsp3) is 0.286. The number of nitrogens with one attached hydrogen (secondary N) is 1. The molecule has 2 heterocycles. The van der Waals surface area contributed by atoms with E-state index in [-0.39, 0.29) is 10.5 Å². The highest BCUT2D eigenvalue weighted by Crippen LogP contribution is 2.36. The first-order valence-electron chi connectivity index (χ1n) is 7.05. The van der Waals surface area contributed by atoms with Crippen molar-refractivity contribution in [2.75, 3.05) is 25.6 Å². The highest BCUT2D eigenvalue weighted by atomic mass is 32.2. The molecule has 1 aromatic carbocycles. The second kappa shape index (κ2) is 7.50. The molecule has 25 heavy (non-hydrogen) atoms. The maximum absolute atomic E-state index is 13.0. The Balaban J connectivity index is 1.90. The van der Waals surface area contributed by atoms with Crippen molar-refractivity contribution in [2.45, 2.75) is 15.5 Å². The van der Waals surface area contributed by atoms with Crippen LogP contribution < -0.4 is 5.32 Å². The largest absolute Gasteiger partial charge is 0.451 e. The zero-order chi connectivity index (χ0) is 17.9. The van der Waals surface area contributed by atoms with Crippen LogP contribution in [0.3, 0.4) is 0 Å². The molecule has 0 aliphatic carbocycles. The summed E-state index contributed by atoms with van der Waals surface area (Å²) in [6.07, 6.45) is -4.62. The number of hydrogen-bond donors (Lipinski definition) is 1. The van der Waals surface area contributed by atoms with Gasteiger partial charge >= 0.3 is 6.18 Å². The van der Waals surface area contributed by atoms with Gasteiger partial charge in [0.25, 0.3) is 0 Å². The third kappa shape index (κ3) is 4.35. The molecule has 0 spiro atoms. The third-order valence-electron chi connectivity index (χ3n) is 2.99. The van der Waals surface area contributed by atoms with E-state index in [0.29, 0.717) is 28.0 Å². The summed E-state index contributed by atoms with van der Waals surface area (Å²) in [5.74, 6) is -1.17. The Bertz CT molecular complexity index is 871. The summed E-state index contributed by atoms with van der Waals surface area (Å²) in [5, 5.41) is 12.2. The number of fused-ring (bicyclic) bond motifs is 1. The van der Waals surface area contributed by atoms with Gasteiger partial charge in [0.15, 0.2) is 4.34 Å². The van der Waals surface area contributed by atoms with E-state index in [2.05, 4.69) is 25.5 Å². The van der Waals surface area contributed by atoms with E-state index in [1.54, 1.807) is 25.3 Å². The normalized spacial score (nSPS) is 11.8. The Labute approximate surface area is 148 Å². The maximum Gasteiger partial charge on any atom is 0.451 e. The molecule has 0 radical (unpaired) electrons. The second-order valence-electron chi connectivity index (χ2n) is 4.76. The van der Waals surface area contributed by atoms with Crippen LogP contribution in [-0.2, 0) is 10.9 Å². The molecule has 0 saturated heterocycles. The quantitative estimate of drug-likeness (QED) is 0.511. The van der Waals surface area contributed by atoms with Crippen molar-refractivity contribution >= 4 is 39.1 Å². The fourth-order valence-electron chi connectivity index (χ4n) is 1.92. The van der Waals surface area contributed by atoms with E-state index in [0.717, 1.165) is 11.8 Å². The Hall–Kier alpha value is -1.98. The standard InChI is InChI=1S/C14H12F3N5OS2/c1-23-7-6-18-12-21-22-13(25-12)24-10-8-4-2-3-5-9(8)19-11(20-10)14(15,16)17/h2-5H,6-7H2,1H3,(H,18,21). The summed E-state index contributed by atoms with van der Waals surface area (Å²) in [5.41, 5.74) is 0.232. The molecule has 0 bridgehead atoms. The Morgan fingerprint density at radius 1 is 1.20 bits per heavy atom. The van der Waals surface area contributed by atoms with Gasteiger partial charge in [-0.3, -0.25) is 0 Å². The van der Waals surface area contributed by atoms with Crippen LogP contribution in [0.2, 0.25) is 0 Å². The van der Waals surface area contributed by atoms with Gasteiger partial charge in [0, 0.05) is 19.0 Å². The number of aromatic nitrogens is 4. The van der Waals surface area contributed by atoms with Crippen molar-refractivity contribution in [1.29, 1.82) is 0 Å². The molecular weight excluding hydrogens is 375 g/mol. The molecular formula is C14H12F3N5OS2. The van der Waals surface area contributed by atoms with E-state index in [1.165, 1.54) is 17.4 Å². The summed E-state index contributed by atoms with van der Waals surface area (Å²) in [7, 11) is 1.58. The van der Waals surface area contributed by atoms with E-state index < -0.39 is 12.0 Å². The number of nitrogens with zero attached hydrogens (tertiary/aromatic N) is 4. The van der Waals surface area contributed by atoms with Gasteiger partial charge in [0.2, 0.25) is 11.0 Å². The lowest BCUT2D eigenvalue weighted by molar-refractivity contribution is -0.145. The number of halogens is 3. The number of alkyl halides is 3. The molecule has 3 aromatic rings. The number of anilines is 1. The van der Waals surface area contributed by atoms with Gasteiger partial charge in [-0.2, -0.15) is 13.2 Å². The minimum atomic E-state index is -4.62. The van der Waals surface area contributed by atoms with Gasteiger partial charge in [-0.05, 0) is 17.8 Å². The number of benzene rings is 1. The van der Waals surface area contributed by atoms with Crippen molar-refractivity contribution in [3.8, 4) is 0 Å². The highest BCUT2D eigenvalue weighted by molar-refractivity contribution is 8.01. The monoisotopic (exact) mass is 387 g/mol. The van der Waals surface area contributed by atoms with E-state index in [9.17, 15) is 13.2 Å². The lowest BCUT2D eigenvalue weighted by atomic mass is 10.2. The van der Waals surface area contributed by atoms with Crippen molar-refractivity contribution in [3.63, 3.8) is 0 Å². The average molecular weight is 387 g/mol. The zero-order valence-electron chi connectivity index (χ0n) is 12.9. The lowest BCUT2D eigenvalue weighted by Gasteiger charge is -2.09. The molecule has 0 saturated carbocycles. The minimum Gasteiger partial charge on any atom is -0.383 e. The molecule has 1 N–H and O–H groups in total. The zero-order valence-corrected chi connectivity index (χ0v) is 14.5. The summed E-state index contributed by atoms with van der Waals surface area (Å²) in [4.78, 5) is 7.27. The Kier molecular flexibility index (Phi) is 5.35. The van der Waals surface area contributed by atoms with Gasteiger partial charge in [-0.15, -0.1) is 10.2 Å². The van der Waals surface area contributed by atoms with Crippen LogP contribution in [0.4, 0.5) is 18.3 Å². The van der Waals surface area contributed by atoms with Crippen LogP contribution in [0.15, 0.2) is 33.6 Å². The molecule has 0 unspecified atom stereocenters. The molecule has 0 aliphatic rings. The van der Waals surface area contributed by atoms with Crippen LogP contribution in [0.5, 0.6) is 0 Å². The van der Waals surface area contributed by atoms with Crippen LogP contribution in [0, 0.1) is 0 Å². The SMILES string of the molecule is COCCNc1nnc(Sc2nc(C(F)(F)F)nc3ccccc23)s1. The molecule has 0 amide bonds. The topological polar surface area (TPSA) is 72.8 Å². The molecule has 2 aromatic heterocycles. The lowest BCUT2D eigenvalue weighted by Crippen LogP contribution is -2.11. The molecule has 0 atom stereocenters. The first kappa shape index (κ1) is 17.8. The number of para-hydroxylation sites is 1. The van der Waals surface area contributed by atoms with Crippen molar-refractivity contribution in [3.05, 3.63) is 30.1 Å². The van der Waals surface area contributed by atoms with Gasteiger partial charge in [-0.1, -0.05) is 29.5 Å². The highest BCUT2D eigenvalue weighted by Gasteiger charge is 2.35. The van der Waals surface area contributed by atoms with Gasteiger partial charge < -0.3 is 10.1 Å². The predicted molar refractivity (Wildman–Crippen MR) is 88.9 cm³/mol. The number of ether oxygens (including phenoxy) is 1. The van der Waals surface area contributed by atoms with Gasteiger partial charge in [-0.25, -0.2) is 9.97 Å². The molecule has 6 nitrogen and oxygen atoms in total. The van der Waals surface area contributed by atoms with Crippen molar-refractivity contribution in [1.82, 2.24) is 20.2 Å². The van der Waals surface area contributed by atoms with Gasteiger partial charge in [0.1, 0.15) is 5.03 Å². The van der Waals surface area contributed by atoms with Crippen molar-refractivity contribution in [2.24, 2.45) is 0 Å². The van der Waals surface area contributed by atoms with Gasteiger partial charge in [0.05, 0.1) is 12.1 Å². The van der Waals surface area contributed by atoms with E-state index in [4.69, 9.17) is 4.74 Å².